The van der Waals surface area contributed by atoms with Crippen molar-refractivity contribution >= 4 is 5.91 Å². The number of aromatic amines is 1. The Balaban J connectivity index is 1.71. The van der Waals surface area contributed by atoms with Gasteiger partial charge in [-0.25, -0.2) is 0 Å². The number of rotatable bonds is 4. The van der Waals surface area contributed by atoms with Gasteiger partial charge in [0.2, 0.25) is 0 Å². The van der Waals surface area contributed by atoms with Crippen LogP contribution in [0.3, 0.4) is 0 Å². The van der Waals surface area contributed by atoms with Crippen LogP contribution in [-0.4, -0.2) is 42.1 Å². The van der Waals surface area contributed by atoms with Crippen LogP contribution in [-0.2, 0) is 11.2 Å². The molecule has 4 nitrogen and oxygen atoms in total. The molecule has 1 aliphatic heterocycles. The predicted molar refractivity (Wildman–Crippen MR) is 85.7 cm³/mol. The molecule has 0 bridgehead atoms. The van der Waals surface area contributed by atoms with Gasteiger partial charge in [0.1, 0.15) is 0 Å². The molecule has 2 heterocycles. The van der Waals surface area contributed by atoms with Crippen molar-refractivity contribution in [2.24, 2.45) is 5.92 Å². The van der Waals surface area contributed by atoms with E-state index in [1.165, 1.54) is 5.56 Å². The van der Waals surface area contributed by atoms with Gasteiger partial charge in [-0.05, 0) is 24.5 Å². The summed E-state index contributed by atoms with van der Waals surface area (Å²) in [4.78, 5) is 17.4. The summed E-state index contributed by atoms with van der Waals surface area (Å²) in [6, 6.07) is 12.3. The first-order valence-electron chi connectivity index (χ1n) is 7.76. The molecule has 2 aromatic rings. The number of H-pyrrole nitrogens is 1. The van der Waals surface area contributed by atoms with E-state index < -0.39 is 0 Å². The van der Waals surface area contributed by atoms with Crippen molar-refractivity contribution in [1.29, 1.82) is 0 Å². The van der Waals surface area contributed by atoms with Crippen LogP contribution < -0.4 is 0 Å². The number of carbonyl (C=O) groups excluding carboxylic acids is 1. The minimum absolute atomic E-state index is 0.105. The number of nitrogens with zero attached hydrogens (tertiary/aromatic N) is 1. The van der Waals surface area contributed by atoms with Gasteiger partial charge in [-0.15, -0.1) is 0 Å². The maximum atomic E-state index is 12.5. The Morgan fingerprint density at radius 1 is 1.32 bits per heavy atom. The number of hydrogen-bond donors (Lipinski definition) is 1. The number of nitrogens with one attached hydrogen (secondary N) is 1. The molecule has 22 heavy (non-hydrogen) atoms. The van der Waals surface area contributed by atoms with E-state index >= 15 is 0 Å². The van der Waals surface area contributed by atoms with Gasteiger partial charge < -0.3 is 14.6 Å². The molecule has 0 aliphatic carbocycles. The Hall–Kier alpha value is -2.07. The predicted octanol–water partition coefficient (Wildman–Crippen LogP) is 2.73. The van der Waals surface area contributed by atoms with Gasteiger partial charge in [0, 0.05) is 38.5 Å². The maximum Gasteiger partial charge on any atom is 0.255 e. The van der Waals surface area contributed by atoms with Gasteiger partial charge in [-0.3, -0.25) is 4.79 Å². The number of aromatic nitrogens is 1. The molecule has 0 spiro atoms. The van der Waals surface area contributed by atoms with Crippen LogP contribution in [0.4, 0.5) is 0 Å². The van der Waals surface area contributed by atoms with E-state index in [1.54, 1.807) is 19.5 Å². The van der Waals surface area contributed by atoms with Crippen molar-refractivity contribution in [2.45, 2.75) is 18.9 Å². The third kappa shape index (κ3) is 3.22. The molecule has 3 rings (SSSR count). The van der Waals surface area contributed by atoms with Crippen LogP contribution in [0.5, 0.6) is 0 Å². The first-order valence-corrected chi connectivity index (χ1v) is 7.76. The van der Waals surface area contributed by atoms with Crippen LogP contribution in [0.1, 0.15) is 22.3 Å². The number of ether oxygens (including phenoxy) is 1. The van der Waals surface area contributed by atoms with Gasteiger partial charge in [-0.1, -0.05) is 30.3 Å². The molecule has 1 amide bonds. The summed E-state index contributed by atoms with van der Waals surface area (Å²) in [7, 11) is 1.77. The zero-order valence-electron chi connectivity index (χ0n) is 12.9. The molecule has 116 valence electrons. The zero-order valence-corrected chi connectivity index (χ0v) is 12.9. The Labute approximate surface area is 131 Å². The molecular formula is C18H22N2O2. The highest BCUT2D eigenvalue weighted by Crippen LogP contribution is 2.24. The average molecular weight is 298 g/mol. The average Bonchev–Trinajstić information content (AvgIpc) is 3.09. The molecule has 1 aliphatic rings. The number of carbonyl (C=O) groups is 1. The lowest BCUT2D eigenvalue weighted by Crippen LogP contribution is -2.47. The third-order valence-corrected chi connectivity index (χ3v) is 4.44. The van der Waals surface area contributed by atoms with Gasteiger partial charge in [0.05, 0.1) is 11.7 Å². The number of methoxy groups -OCH3 is 1. The summed E-state index contributed by atoms with van der Waals surface area (Å²) < 4.78 is 5.65. The highest BCUT2D eigenvalue weighted by molar-refractivity contribution is 5.94. The van der Waals surface area contributed by atoms with E-state index in [1.807, 2.05) is 17.0 Å². The van der Waals surface area contributed by atoms with Crippen molar-refractivity contribution in [2.75, 3.05) is 20.2 Å². The van der Waals surface area contributed by atoms with Crippen LogP contribution in [0.15, 0.2) is 48.8 Å². The first-order chi connectivity index (χ1) is 10.8. The fourth-order valence-corrected chi connectivity index (χ4v) is 3.26. The van der Waals surface area contributed by atoms with Crippen molar-refractivity contribution < 1.29 is 9.53 Å². The third-order valence-electron chi connectivity index (χ3n) is 4.44. The highest BCUT2D eigenvalue weighted by atomic mass is 16.5. The summed E-state index contributed by atoms with van der Waals surface area (Å²) in [5.41, 5.74) is 2.03. The molecule has 1 saturated heterocycles. The lowest BCUT2D eigenvalue weighted by molar-refractivity contribution is -0.00298. The maximum absolute atomic E-state index is 12.5. The van der Waals surface area contributed by atoms with Gasteiger partial charge in [-0.2, -0.15) is 0 Å². The number of hydrogen-bond acceptors (Lipinski definition) is 2. The Kier molecular flexibility index (Phi) is 4.59. The monoisotopic (exact) mass is 298 g/mol. The van der Waals surface area contributed by atoms with Crippen molar-refractivity contribution in [3.05, 3.63) is 59.9 Å². The highest BCUT2D eigenvalue weighted by Gasteiger charge is 2.32. The molecule has 4 heteroatoms. The fraction of sp³-hybridized carbons (Fsp3) is 0.389. The second-order valence-electron chi connectivity index (χ2n) is 5.86. The van der Waals surface area contributed by atoms with E-state index in [4.69, 9.17) is 4.74 Å². The summed E-state index contributed by atoms with van der Waals surface area (Å²) in [6.07, 6.45) is 5.60. The quantitative estimate of drug-likeness (QED) is 0.943. The Morgan fingerprint density at radius 3 is 2.82 bits per heavy atom. The largest absolute Gasteiger partial charge is 0.381 e. The second-order valence-corrected chi connectivity index (χ2v) is 5.86. The molecule has 2 atom stereocenters. The van der Waals surface area contributed by atoms with E-state index in [0.29, 0.717) is 5.92 Å². The van der Waals surface area contributed by atoms with E-state index in [9.17, 15) is 4.79 Å². The Morgan fingerprint density at radius 2 is 2.14 bits per heavy atom. The molecule has 0 radical (unpaired) electrons. The van der Waals surface area contributed by atoms with Gasteiger partial charge in [0.25, 0.3) is 5.91 Å². The molecule has 0 saturated carbocycles. The summed E-state index contributed by atoms with van der Waals surface area (Å²) in [6.45, 7) is 1.51. The van der Waals surface area contributed by atoms with Crippen molar-refractivity contribution in [3.63, 3.8) is 0 Å². The molecule has 1 aromatic carbocycles. The number of benzene rings is 1. The number of amides is 1. The minimum atomic E-state index is 0.105. The van der Waals surface area contributed by atoms with Gasteiger partial charge in [0.15, 0.2) is 0 Å². The lowest BCUT2D eigenvalue weighted by Gasteiger charge is -2.38. The summed E-state index contributed by atoms with van der Waals surface area (Å²) >= 11 is 0. The molecule has 1 aromatic heterocycles. The molecule has 0 unspecified atom stereocenters. The van der Waals surface area contributed by atoms with Crippen LogP contribution in [0.2, 0.25) is 0 Å². The molecule has 1 fully saturated rings. The first kappa shape index (κ1) is 14.9. The van der Waals surface area contributed by atoms with Gasteiger partial charge >= 0.3 is 0 Å². The second kappa shape index (κ2) is 6.79. The lowest BCUT2D eigenvalue weighted by atomic mass is 9.88. The standard InChI is InChI=1S/C18H22N2O2/c1-22-17-8-10-20(18(21)15-7-9-19-12-15)13-16(17)11-14-5-3-2-4-6-14/h2-7,9,12,16-17,19H,8,10-11,13H2,1H3/t16-,17-/m1/s1. The van der Waals surface area contributed by atoms with Crippen LogP contribution in [0.25, 0.3) is 0 Å². The molecule has 1 N–H and O–H groups in total. The number of piperidine rings is 1. The SMILES string of the molecule is CO[C@@H]1CCN(C(=O)c2cc[nH]c2)C[C@H]1Cc1ccccc1. The summed E-state index contributed by atoms with van der Waals surface area (Å²) in [5.74, 6) is 0.443. The number of likely N-dealkylation sites (tertiary alicyclic amines) is 1. The molecular weight excluding hydrogens is 276 g/mol. The van der Waals surface area contributed by atoms with Crippen LogP contribution in [0, 0.1) is 5.92 Å². The van der Waals surface area contributed by atoms with E-state index in [2.05, 4.69) is 29.2 Å². The summed E-state index contributed by atoms with van der Waals surface area (Å²) in [5, 5.41) is 0. The van der Waals surface area contributed by atoms with Crippen molar-refractivity contribution in [3.8, 4) is 0 Å². The van der Waals surface area contributed by atoms with E-state index in [0.717, 1.165) is 31.5 Å². The van der Waals surface area contributed by atoms with Crippen LogP contribution >= 0.6 is 0 Å². The fourth-order valence-electron chi connectivity index (χ4n) is 3.26. The zero-order chi connectivity index (χ0) is 15.4. The minimum Gasteiger partial charge on any atom is -0.381 e. The smallest absolute Gasteiger partial charge is 0.255 e. The van der Waals surface area contributed by atoms with E-state index in [-0.39, 0.29) is 12.0 Å². The normalized spacial score (nSPS) is 21.8. The topological polar surface area (TPSA) is 45.3 Å². The van der Waals surface area contributed by atoms with Crippen molar-refractivity contribution in [1.82, 2.24) is 9.88 Å². The Bertz CT molecular complexity index is 595.